The molecule has 1 aromatic heterocycles. The average molecular weight is 288 g/mol. The van der Waals surface area contributed by atoms with Crippen LogP contribution in [0.15, 0.2) is 30.3 Å². The molecular formula is C16H16O3S. The van der Waals surface area contributed by atoms with Crippen molar-refractivity contribution in [3.05, 3.63) is 46.3 Å². The first-order valence-electron chi connectivity index (χ1n) is 6.61. The topological polar surface area (TPSA) is 57.5 Å². The minimum absolute atomic E-state index is 0.0421. The molecule has 2 N–H and O–H groups in total. The maximum Gasteiger partial charge on any atom is 0.337 e. The third-order valence-corrected chi connectivity index (χ3v) is 5.10. The van der Waals surface area contributed by atoms with Gasteiger partial charge in [0.2, 0.25) is 0 Å². The first-order chi connectivity index (χ1) is 9.55. The van der Waals surface area contributed by atoms with Crippen molar-refractivity contribution in [1.82, 2.24) is 0 Å². The van der Waals surface area contributed by atoms with Gasteiger partial charge in [-0.25, -0.2) is 4.79 Å². The largest absolute Gasteiger partial charge is 0.478 e. The standard InChI is InChI=1S/C16H16O3S/c1-10-8-13(15(18)19)14(20-10)11-2-4-12(5-3-11)16(9-17)6-7-16/h2-5,8,17H,6-7,9H2,1H3,(H,18,19). The van der Waals surface area contributed by atoms with Gasteiger partial charge in [0.1, 0.15) is 0 Å². The van der Waals surface area contributed by atoms with Gasteiger partial charge in [-0.2, -0.15) is 0 Å². The fraction of sp³-hybridized carbons (Fsp3) is 0.312. The molecule has 0 unspecified atom stereocenters. The van der Waals surface area contributed by atoms with Crippen molar-refractivity contribution in [2.75, 3.05) is 6.61 Å². The van der Waals surface area contributed by atoms with Gasteiger partial charge in [-0.15, -0.1) is 11.3 Å². The van der Waals surface area contributed by atoms with Gasteiger partial charge in [0.05, 0.1) is 12.2 Å². The molecule has 2 aromatic rings. The van der Waals surface area contributed by atoms with Gasteiger partial charge >= 0.3 is 5.97 Å². The number of aryl methyl sites for hydroxylation is 1. The Morgan fingerprint density at radius 2 is 1.95 bits per heavy atom. The fourth-order valence-corrected chi connectivity index (χ4v) is 3.56. The van der Waals surface area contributed by atoms with E-state index in [1.54, 1.807) is 6.07 Å². The number of carboxylic acid groups (broad SMARTS) is 1. The molecule has 3 nitrogen and oxygen atoms in total. The zero-order valence-electron chi connectivity index (χ0n) is 11.2. The molecule has 1 heterocycles. The lowest BCUT2D eigenvalue weighted by atomic mass is 9.95. The lowest BCUT2D eigenvalue weighted by Gasteiger charge is -2.12. The van der Waals surface area contributed by atoms with E-state index >= 15 is 0 Å². The Labute approximate surface area is 121 Å². The molecule has 4 heteroatoms. The van der Waals surface area contributed by atoms with Gasteiger partial charge in [0, 0.05) is 15.2 Å². The maximum absolute atomic E-state index is 11.3. The molecular weight excluding hydrogens is 272 g/mol. The first-order valence-corrected chi connectivity index (χ1v) is 7.43. The third-order valence-electron chi connectivity index (χ3n) is 4.00. The molecule has 1 aliphatic carbocycles. The molecule has 3 rings (SSSR count). The Morgan fingerprint density at radius 3 is 2.45 bits per heavy atom. The van der Waals surface area contributed by atoms with Crippen molar-refractivity contribution < 1.29 is 15.0 Å². The summed E-state index contributed by atoms with van der Waals surface area (Å²) in [4.78, 5) is 13.1. The van der Waals surface area contributed by atoms with Crippen LogP contribution in [0.4, 0.5) is 0 Å². The van der Waals surface area contributed by atoms with E-state index in [4.69, 9.17) is 0 Å². The summed E-state index contributed by atoms with van der Waals surface area (Å²) in [7, 11) is 0. The molecule has 0 spiro atoms. The van der Waals surface area contributed by atoms with Crippen LogP contribution in [0.5, 0.6) is 0 Å². The highest BCUT2D eigenvalue weighted by molar-refractivity contribution is 7.15. The van der Waals surface area contributed by atoms with Gasteiger partial charge < -0.3 is 10.2 Å². The van der Waals surface area contributed by atoms with E-state index in [9.17, 15) is 15.0 Å². The number of hydrogen-bond donors (Lipinski definition) is 2. The summed E-state index contributed by atoms with van der Waals surface area (Å²) in [6.07, 6.45) is 2.06. The highest BCUT2D eigenvalue weighted by Crippen LogP contribution is 2.48. The molecule has 0 aliphatic heterocycles. The van der Waals surface area contributed by atoms with Crippen LogP contribution in [0, 0.1) is 6.92 Å². The minimum atomic E-state index is -0.887. The second-order valence-electron chi connectivity index (χ2n) is 5.42. The minimum Gasteiger partial charge on any atom is -0.478 e. The Morgan fingerprint density at radius 1 is 1.30 bits per heavy atom. The molecule has 1 saturated carbocycles. The van der Waals surface area contributed by atoms with Crippen LogP contribution >= 0.6 is 11.3 Å². The first kappa shape index (κ1) is 13.3. The molecule has 1 aliphatic rings. The predicted octanol–water partition coefficient (Wildman–Crippen LogP) is 3.45. The lowest BCUT2D eigenvalue weighted by molar-refractivity contribution is 0.0698. The number of carbonyl (C=O) groups is 1. The maximum atomic E-state index is 11.3. The summed E-state index contributed by atoms with van der Waals surface area (Å²) < 4.78 is 0. The number of thiophene rings is 1. The van der Waals surface area contributed by atoms with Crippen molar-refractivity contribution in [3.63, 3.8) is 0 Å². The van der Waals surface area contributed by atoms with E-state index in [2.05, 4.69) is 0 Å². The van der Waals surface area contributed by atoms with E-state index < -0.39 is 5.97 Å². The summed E-state index contributed by atoms with van der Waals surface area (Å²) in [6.45, 7) is 2.10. The number of rotatable bonds is 4. The summed E-state index contributed by atoms with van der Waals surface area (Å²) in [5.74, 6) is -0.887. The van der Waals surface area contributed by atoms with E-state index in [1.807, 2.05) is 31.2 Å². The quantitative estimate of drug-likeness (QED) is 0.906. The fourth-order valence-electron chi connectivity index (χ4n) is 2.55. The van der Waals surface area contributed by atoms with Crippen LogP contribution in [0.2, 0.25) is 0 Å². The van der Waals surface area contributed by atoms with Gasteiger partial charge in [0.25, 0.3) is 0 Å². The molecule has 0 saturated heterocycles. The Kier molecular flexibility index (Phi) is 3.15. The van der Waals surface area contributed by atoms with Crippen LogP contribution in [0.3, 0.4) is 0 Å². The summed E-state index contributed by atoms with van der Waals surface area (Å²) in [6, 6.07) is 9.66. The van der Waals surface area contributed by atoms with Gasteiger partial charge in [0.15, 0.2) is 0 Å². The average Bonchev–Trinajstić information content (AvgIpc) is 3.15. The number of aromatic carboxylic acids is 1. The van der Waals surface area contributed by atoms with E-state index in [0.29, 0.717) is 5.56 Å². The Hall–Kier alpha value is -1.65. The van der Waals surface area contributed by atoms with Crippen LogP contribution in [0.25, 0.3) is 10.4 Å². The zero-order valence-corrected chi connectivity index (χ0v) is 12.0. The monoisotopic (exact) mass is 288 g/mol. The van der Waals surface area contributed by atoms with Gasteiger partial charge in [-0.05, 0) is 37.0 Å². The van der Waals surface area contributed by atoms with Crippen molar-refractivity contribution >= 4 is 17.3 Å². The van der Waals surface area contributed by atoms with E-state index in [0.717, 1.165) is 33.7 Å². The smallest absolute Gasteiger partial charge is 0.337 e. The molecule has 1 aromatic carbocycles. The van der Waals surface area contributed by atoms with Gasteiger partial charge in [-0.1, -0.05) is 24.3 Å². The summed E-state index contributed by atoms with van der Waals surface area (Å²) in [5, 5.41) is 18.7. The number of aliphatic hydroxyl groups is 1. The van der Waals surface area contributed by atoms with Crippen molar-refractivity contribution in [2.45, 2.75) is 25.2 Å². The molecule has 0 amide bonds. The zero-order chi connectivity index (χ0) is 14.3. The van der Waals surface area contributed by atoms with E-state index in [1.165, 1.54) is 11.3 Å². The predicted molar refractivity (Wildman–Crippen MR) is 79.4 cm³/mol. The van der Waals surface area contributed by atoms with Crippen LogP contribution in [-0.4, -0.2) is 22.8 Å². The molecule has 0 bridgehead atoms. The van der Waals surface area contributed by atoms with Crippen LogP contribution in [0.1, 0.15) is 33.6 Å². The van der Waals surface area contributed by atoms with Crippen molar-refractivity contribution in [2.24, 2.45) is 0 Å². The highest BCUT2D eigenvalue weighted by Gasteiger charge is 2.43. The molecule has 20 heavy (non-hydrogen) atoms. The van der Waals surface area contributed by atoms with Gasteiger partial charge in [-0.3, -0.25) is 0 Å². The SMILES string of the molecule is Cc1cc(C(=O)O)c(-c2ccc(C3(CO)CC3)cc2)s1. The molecule has 0 radical (unpaired) electrons. The summed E-state index contributed by atoms with van der Waals surface area (Å²) >= 11 is 1.50. The molecule has 0 atom stereocenters. The van der Waals surface area contributed by atoms with Crippen LogP contribution in [-0.2, 0) is 5.41 Å². The number of hydrogen-bond acceptors (Lipinski definition) is 3. The van der Waals surface area contributed by atoms with Crippen molar-refractivity contribution in [1.29, 1.82) is 0 Å². The summed E-state index contributed by atoms with van der Waals surface area (Å²) in [5.41, 5.74) is 2.40. The highest BCUT2D eigenvalue weighted by atomic mass is 32.1. The Bertz CT molecular complexity index is 651. The lowest BCUT2D eigenvalue weighted by Crippen LogP contribution is -2.11. The third kappa shape index (κ3) is 2.15. The molecule has 104 valence electrons. The number of benzene rings is 1. The Balaban J connectivity index is 1.98. The van der Waals surface area contributed by atoms with Crippen molar-refractivity contribution in [3.8, 4) is 10.4 Å². The second-order valence-corrected chi connectivity index (χ2v) is 6.68. The normalized spacial score (nSPS) is 16.1. The number of aliphatic hydroxyl groups excluding tert-OH is 1. The molecule has 1 fully saturated rings. The van der Waals surface area contributed by atoms with E-state index in [-0.39, 0.29) is 12.0 Å². The number of carboxylic acids is 1. The second kappa shape index (κ2) is 4.72. The van der Waals surface area contributed by atoms with Crippen LogP contribution < -0.4 is 0 Å².